The molecule has 0 saturated heterocycles. The second kappa shape index (κ2) is 6.31. The minimum absolute atomic E-state index is 0.0348. The number of hydrogen-bond acceptors (Lipinski definition) is 3. The van der Waals surface area contributed by atoms with Crippen LogP contribution >= 0.6 is 23.2 Å². The van der Waals surface area contributed by atoms with Crippen LogP contribution in [0.15, 0.2) is 36.4 Å². The van der Waals surface area contributed by atoms with Gasteiger partial charge in [-0.3, -0.25) is 0 Å². The summed E-state index contributed by atoms with van der Waals surface area (Å²) in [6, 6.07) is 7.25. The van der Waals surface area contributed by atoms with E-state index in [-0.39, 0.29) is 26.1 Å². The van der Waals surface area contributed by atoms with Crippen LogP contribution in [0.5, 0.6) is 0 Å². The van der Waals surface area contributed by atoms with Crippen molar-refractivity contribution < 1.29 is 17.6 Å². The van der Waals surface area contributed by atoms with Gasteiger partial charge in [0.05, 0.1) is 11.2 Å². The lowest BCUT2D eigenvalue weighted by Crippen LogP contribution is -2.34. The van der Waals surface area contributed by atoms with Crippen LogP contribution in [0.25, 0.3) is 10.9 Å². The molecule has 0 spiro atoms. The van der Waals surface area contributed by atoms with Crippen LogP contribution in [0.3, 0.4) is 0 Å². The third kappa shape index (κ3) is 3.62. The lowest BCUT2D eigenvalue weighted by Gasteiger charge is -2.27. The van der Waals surface area contributed by atoms with Gasteiger partial charge in [0.15, 0.2) is 5.82 Å². The minimum atomic E-state index is -4.87. The Labute approximate surface area is 149 Å². The highest BCUT2D eigenvalue weighted by Gasteiger charge is 2.41. The molecular weight excluding hydrogens is 381 g/mol. The summed E-state index contributed by atoms with van der Waals surface area (Å²) in [5.74, 6) is -1.30. The van der Waals surface area contributed by atoms with Gasteiger partial charge in [0, 0.05) is 10.4 Å². The molecular formula is C16H9Cl2F4N3. The van der Waals surface area contributed by atoms with E-state index in [0.29, 0.717) is 5.56 Å². The van der Waals surface area contributed by atoms with Crippen LogP contribution in [-0.2, 0) is 0 Å². The molecule has 25 heavy (non-hydrogen) atoms. The molecule has 0 atom stereocenters. The summed E-state index contributed by atoms with van der Waals surface area (Å²) >= 11 is 11.6. The zero-order valence-corrected chi connectivity index (χ0v) is 14.1. The number of nitrogens with zero attached hydrogens (tertiary/aromatic N) is 3. The molecule has 3 aromatic rings. The highest BCUT2D eigenvalue weighted by atomic mass is 35.5. The molecule has 2 aromatic carbocycles. The third-order valence-corrected chi connectivity index (χ3v) is 3.77. The molecule has 1 heterocycles. The molecule has 9 heteroatoms. The number of hydrogen-bond donors (Lipinski definition) is 0. The first-order chi connectivity index (χ1) is 11.6. The molecule has 0 fully saturated rings. The Hall–Kier alpha value is -2.12. The third-order valence-electron chi connectivity index (χ3n) is 3.36. The summed E-state index contributed by atoms with van der Waals surface area (Å²) in [6.45, 7) is 1.49. The van der Waals surface area contributed by atoms with Crippen molar-refractivity contribution in [1.82, 2.24) is 9.97 Å². The van der Waals surface area contributed by atoms with E-state index in [1.165, 1.54) is 31.2 Å². The Morgan fingerprint density at radius 3 is 2.36 bits per heavy atom. The number of rotatable bonds is 2. The molecule has 1 aromatic heterocycles. The van der Waals surface area contributed by atoms with E-state index < -0.39 is 23.6 Å². The first-order valence-corrected chi connectivity index (χ1v) is 7.68. The van der Waals surface area contributed by atoms with Gasteiger partial charge >= 0.3 is 6.30 Å². The molecule has 0 unspecified atom stereocenters. The Kier molecular flexibility index (Phi) is 4.47. The fraction of sp³-hybridized carbons (Fsp3) is 0.125. The second-order valence-corrected chi connectivity index (χ2v) is 6.04. The molecule has 3 rings (SSSR count). The normalized spacial score (nSPS) is 11.8. The van der Waals surface area contributed by atoms with Crippen molar-refractivity contribution in [3.63, 3.8) is 0 Å². The van der Waals surface area contributed by atoms with Gasteiger partial charge in [-0.05, 0) is 60.5 Å². The average Bonchev–Trinajstić information content (AvgIpc) is 2.43. The second-order valence-electron chi connectivity index (χ2n) is 5.27. The number of anilines is 2. The summed E-state index contributed by atoms with van der Waals surface area (Å²) in [6.07, 6.45) is -4.87. The summed E-state index contributed by atoms with van der Waals surface area (Å²) in [7, 11) is 0. The maximum Gasteiger partial charge on any atom is 0.490 e. The maximum atomic E-state index is 13.8. The van der Waals surface area contributed by atoms with Gasteiger partial charge in [-0.25, -0.2) is 14.3 Å². The summed E-state index contributed by atoms with van der Waals surface area (Å²) < 4.78 is 55.0. The molecule has 0 radical (unpaired) electrons. The van der Waals surface area contributed by atoms with Gasteiger partial charge in [-0.2, -0.15) is 4.98 Å². The van der Waals surface area contributed by atoms with E-state index in [1.807, 2.05) is 0 Å². The standard InChI is InChI=1S/C16H9Cl2F4N3/c1-8-4-10(19)7-11(5-8)25(16(20,21)22)14-12-3-2-9(17)6-13(12)23-15(18)24-14/h2-7H,1H3. The predicted molar refractivity (Wildman–Crippen MR) is 88.9 cm³/mol. The van der Waals surface area contributed by atoms with Gasteiger partial charge in [-0.1, -0.05) is 11.6 Å². The van der Waals surface area contributed by atoms with Crippen LogP contribution < -0.4 is 4.90 Å². The molecule has 0 N–H and O–H groups in total. The smallest absolute Gasteiger partial charge is 0.235 e. The number of aryl methyl sites for hydroxylation is 1. The van der Waals surface area contributed by atoms with Gasteiger partial charge in [0.2, 0.25) is 5.28 Å². The van der Waals surface area contributed by atoms with E-state index in [0.717, 1.165) is 12.1 Å². The number of benzene rings is 2. The molecule has 130 valence electrons. The van der Waals surface area contributed by atoms with Crippen molar-refractivity contribution in [3.05, 3.63) is 58.1 Å². The van der Waals surface area contributed by atoms with Crippen LogP contribution in [0.1, 0.15) is 5.56 Å². The molecule has 3 nitrogen and oxygen atoms in total. The van der Waals surface area contributed by atoms with Crippen molar-refractivity contribution in [2.45, 2.75) is 13.2 Å². The average molecular weight is 390 g/mol. The Morgan fingerprint density at radius 1 is 1.00 bits per heavy atom. The number of halogens is 6. The SMILES string of the molecule is Cc1cc(F)cc(N(c2nc(Cl)nc3cc(Cl)ccc23)C(F)(F)F)c1. The van der Waals surface area contributed by atoms with Crippen molar-refractivity contribution in [2.24, 2.45) is 0 Å². The fourth-order valence-corrected chi connectivity index (χ4v) is 2.80. The van der Waals surface area contributed by atoms with Gasteiger partial charge < -0.3 is 0 Å². The summed E-state index contributed by atoms with van der Waals surface area (Å²) in [5, 5.41) is -0.0199. The molecule has 0 aliphatic heterocycles. The lowest BCUT2D eigenvalue weighted by atomic mass is 10.1. The van der Waals surface area contributed by atoms with Crippen molar-refractivity contribution in [3.8, 4) is 0 Å². The lowest BCUT2D eigenvalue weighted by molar-refractivity contribution is -0.121. The van der Waals surface area contributed by atoms with Crippen molar-refractivity contribution in [1.29, 1.82) is 0 Å². The highest BCUT2D eigenvalue weighted by molar-refractivity contribution is 6.31. The Balaban J connectivity index is 2.33. The van der Waals surface area contributed by atoms with Crippen molar-refractivity contribution in [2.75, 3.05) is 4.90 Å². The molecule has 0 saturated carbocycles. The van der Waals surface area contributed by atoms with Crippen LogP contribution in [0.4, 0.5) is 29.1 Å². The quantitative estimate of drug-likeness (QED) is 0.303. The monoisotopic (exact) mass is 389 g/mol. The van der Waals surface area contributed by atoms with Gasteiger partial charge in [-0.15, -0.1) is 13.2 Å². The fourth-order valence-electron chi connectivity index (χ4n) is 2.46. The number of aromatic nitrogens is 2. The number of alkyl halides is 3. The first kappa shape index (κ1) is 17.7. The van der Waals surface area contributed by atoms with E-state index in [4.69, 9.17) is 23.2 Å². The van der Waals surface area contributed by atoms with Crippen LogP contribution in [-0.4, -0.2) is 16.3 Å². The maximum absolute atomic E-state index is 13.8. The minimum Gasteiger partial charge on any atom is -0.235 e. The van der Waals surface area contributed by atoms with Crippen molar-refractivity contribution >= 4 is 45.6 Å². The van der Waals surface area contributed by atoms with Gasteiger partial charge in [0.25, 0.3) is 0 Å². The Morgan fingerprint density at radius 2 is 1.72 bits per heavy atom. The molecule has 0 aliphatic rings. The zero-order valence-electron chi connectivity index (χ0n) is 12.6. The molecule has 0 amide bonds. The summed E-state index contributed by atoms with van der Waals surface area (Å²) in [5.41, 5.74) is 0.0534. The molecule has 0 aliphatic carbocycles. The van der Waals surface area contributed by atoms with E-state index in [2.05, 4.69) is 9.97 Å². The van der Waals surface area contributed by atoms with E-state index >= 15 is 0 Å². The largest absolute Gasteiger partial charge is 0.490 e. The van der Waals surface area contributed by atoms with E-state index in [9.17, 15) is 17.6 Å². The topological polar surface area (TPSA) is 29.0 Å². The Bertz CT molecular complexity index is 934. The van der Waals surface area contributed by atoms with Crippen LogP contribution in [0.2, 0.25) is 10.3 Å². The highest BCUT2D eigenvalue weighted by Crippen LogP contribution is 2.40. The molecule has 0 bridgehead atoms. The predicted octanol–water partition coefficient (Wildman–Crippen LogP) is 6.04. The van der Waals surface area contributed by atoms with Crippen LogP contribution in [0, 0.1) is 12.7 Å². The van der Waals surface area contributed by atoms with E-state index in [1.54, 1.807) is 0 Å². The first-order valence-electron chi connectivity index (χ1n) is 6.92. The zero-order chi connectivity index (χ0) is 18.4. The number of fused-ring (bicyclic) bond motifs is 1. The van der Waals surface area contributed by atoms with Gasteiger partial charge in [0.1, 0.15) is 5.82 Å². The summed E-state index contributed by atoms with van der Waals surface area (Å²) in [4.78, 5) is 7.59.